The Labute approximate surface area is 126 Å². The number of hydrogen-bond donors (Lipinski definition) is 1. The van der Waals surface area contributed by atoms with Gasteiger partial charge in [-0.25, -0.2) is 4.39 Å². The number of nitrogens with one attached hydrogen (secondary N) is 1. The summed E-state index contributed by atoms with van der Waals surface area (Å²) in [6.45, 7) is 2.08. The lowest BCUT2D eigenvalue weighted by molar-refractivity contribution is 0.612. The topological polar surface area (TPSA) is 35.8 Å². The lowest BCUT2D eigenvalue weighted by Gasteiger charge is -2.11. The molecule has 2 aromatic carbocycles. The molecule has 0 bridgehead atoms. The van der Waals surface area contributed by atoms with Crippen LogP contribution in [0.4, 0.5) is 10.1 Å². The molecule has 0 aliphatic heterocycles. The fraction of sp³-hybridized carbons (Fsp3) is 0.133. The van der Waals surface area contributed by atoms with Gasteiger partial charge in [0.1, 0.15) is 5.82 Å². The maximum atomic E-state index is 13.6. The summed E-state index contributed by atoms with van der Waals surface area (Å²) < 4.78 is 13.6. The molecule has 5 heteroatoms. The van der Waals surface area contributed by atoms with E-state index in [0.717, 1.165) is 5.56 Å². The fourth-order valence-electron chi connectivity index (χ4n) is 1.75. The summed E-state index contributed by atoms with van der Waals surface area (Å²) in [4.78, 5) is 0. The lowest BCUT2D eigenvalue weighted by Crippen LogP contribution is -2.03. The summed E-state index contributed by atoms with van der Waals surface area (Å²) in [5.41, 5.74) is 2.32. The third kappa shape index (κ3) is 3.22. The molecule has 102 valence electrons. The summed E-state index contributed by atoms with van der Waals surface area (Å²) in [6.07, 6.45) is 0. The first-order valence-electron chi connectivity index (χ1n) is 5.89. The fourth-order valence-corrected chi connectivity index (χ4v) is 2.20. The molecule has 0 aliphatic rings. The summed E-state index contributed by atoms with van der Waals surface area (Å²) >= 11 is 12.1. The molecular weight excluding hydrogens is 298 g/mol. The van der Waals surface area contributed by atoms with Crippen LogP contribution in [0.5, 0.6) is 0 Å². The molecule has 0 aliphatic carbocycles. The molecule has 0 saturated heterocycles. The molecule has 2 aromatic rings. The summed E-state index contributed by atoms with van der Waals surface area (Å²) in [5.74, 6) is -0.370. The first kappa shape index (κ1) is 14.6. The number of benzene rings is 2. The average Bonchev–Trinajstić information content (AvgIpc) is 2.43. The van der Waals surface area contributed by atoms with Crippen LogP contribution in [0.1, 0.15) is 16.7 Å². The number of hydrogen-bond acceptors (Lipinski definition) is 2. The van der Waals surface area contributed by atoms with Gasteiger partial charge in [0.15, 0.2) is 0 Å². The smallest absolute Gasteiger partial charge is 0.128 e. The Kier molecular flexibility index (Phi) is 4.49. The van der Waals surface area contributed by atoms with Crippen molar-refractivity contribution < 1.29 is 4.39 Å². The zero-order valence-corrected chi connectivity index (χ0v) is 12.2. The minimum absolute atomic E-state index is 0.223. The Bertz CT molecular complexity index is 693. The summed E-state index contributed by atoms with van der Waals surface area (Å²) in [6, 6.07) is 9.65. The van der Waals surface area contributed by atoms with E-state index < -0.39 is 0 Å². The number of halogens is 3. The van der Waals surface area contributed by atoms with Gasteiger partial charge in [-0.05, 0) is 42.8 Å². The second-order valence-electron chi connectivity index (χ2n) is 4.35. The largest absolute Gasteiger partial charge is 0.380 e. The molecule has 0 spiro atoms. The Balaban J connectivity index is 2.21. The van der Waals surface area contributed by atoms with Gasteiger partial charge in [-0.15, -0.1) is 0 Å². The van der Waals surface area contributed by atoms with Crippen molar-refractivity contribution in [3.8, 4) is 6.07 Å². The van der Waals surface area contributed by atoms with Crippen molar-refractivity contribution in [3.63, 3.8) is 0 Å². The van der Waals surface area contributed by atoms with Gasteiger partial charge >= 0.3 is 0 Å². The quantitative estimate of drug-likeness (QED) is 0.873. The maximum Gasteiger partial charge on any atom is 0.128 e. The molecule has 0 radical (unpaired) electrons. The Morgan fingerprint density at radius 1 is 1.20 bits per heavy atom. The van der Waals surface area contributed by atoms with E-state index in [2.05, 4.69) is 5.32 Å². The first-order chi connectivity index (χ1) is 9.51. The highest BCUT2D eigenvalue weighted by Gasteiger charge is 2.07. The van der Waals surface area contributed by atoms with E-state index >= 15 is 0 Å². The number of nitrogens with zero attached hydrogens (tertiary/aromatic N) is 1. The summed E-state index contributed by atoms with van der Waals surface area (Å²) in [7, 11) is 0. The highest BCUT2D eigenvalue weighted by Crippen LogP contribution is 2.29. The molecular formula is C15H11Cl2FN2. The molecule has 0 unspecified atom stereocenters. The van der Waals surface area contributed by atoms with E-state index in [0.29, 0.717) is 26.9 Å². The molecule has 0 fully saturated rings. The second kappa shape index (κ2) is 6.13. The molecule has 20 heavy (non-hydrogen) atoms. The van der Waals surface area contributed by atoms with Crippen LogP contribution in [0.15, 0.2) is 30.3 Å². The Morgan fingerprint density at radius 3 is 2.65 bits per heavy atom. The Hall–Kier alpha value is -1.76. The van der Waals surface area contributed by atoms with E-state index in [1.807, 2.05) is 13.0 Å². The van der Waals surface area contributed by atoms with Crippen molar-refractivity contribution in [2.45, 2.75) is 13.5 Å². The van der Waals surface area contributed by atoms with E-state index in [1.165, 1.54) is 18.2 Å². The molecule has 0 saturated carbocycles. The Morgan fingerprint density at radius 2 is 1.95 bits per heavy atom. The van der Waals surface area contributed by atoms with Crippen LogP contribution in [-0.4, -0.2) is 0 Å². The summed E-state index contributed by atoms with van der Waals surface area (Å²) in [5, 5.41) is 12.9. The molecule has 0 atom stereocenters. The van der Waals surface area contributed by atoms with Gasteiger partial charge in [0.25, 0.3) is 0 Å². The van der Waals surface area contributed by atoms with Crippen LogP contribution in [0.3, 0.4) is 0 Å². The van der Waals surface area contributed by atoms with Gasteiger partial charge in [0.05, 0.1) is 22.3 Å². The van der Waals surface area contributed by atoms with E-state index in [4.69, 9.17) is 28.5 Å². The van der Waals surface area contributed by atoms with Crippen molar-refractivity contribution in [3.05, 3.63) is 62.9 Å². The molecule has 0 heterocycles. The van der Waals surface area contributed by atoms with E-state index in [-0.39, 0.29) is 12.4 Å². The van der Waals surface area contributed by atoms with Crippen molar-refractivity contribution >= 4 is 28.9 Å². The van der Waals surface area contributed by atoms with Crippen LogP contribution in [0.2, 0.25) is 10.0 Å². The number of rotatable bonds is 3. The molecule has 2 nitrogen and oxygen atoms in total. The van der Waals surface area contributed by atoms with Gasteiger partial charge in [-0.2, -0.15) is 5.26 Å². The average molecular weight is 309 g/mol. The van der Waals surface area contributed by atoms with Gasteiger partial charge in [-0.1, -0.05) is 23.2 Å². The third-order valence-corrected chi connectivity index (χ3v) is 3.61. The first-order valence-corrected chi connectivity index (χ1v) is 6.65. The van der Waals surface area contributed by atoms with E-state index in [1.54, 1.807) is 12.1 Å². The number of nitriles is 1. The second-order valence-corrected chi connectivity index (χ2v) is 5.17. The van der Waals surface area contributed by atoms with Crippen LogP contribution in [-0.2, 0) is 6.54 Å². The van der Waals surface area contributed by atoms with E-state index in [9.17, 15) is 4.39 Å². The van der Waals surface area contributed by atoms with Crippen molar-refractivity contribution in [2.24, 2.45) is 0 Å². The monoisotopic (exact) mass is 308 g/mol. The normalized spacial score (nSPS) is 10.2. The van der Waals surface area contributed by atoms with Crippen molar-refractivity contribution in [1.82, 2.24) is 0 Å². The predicted octanol–water partition coefficient (Wildman–Crippen LogP) is 4.92. The van der Waals surface area contributed by atoms with Crippen LogP contribution < -0.4 is 5.32 Å². The maximum absolute atomic E-state index is 13.6. The van der Waals surface area contributed by atoms with Gasteiger partial charge in [0, 0.05) is 17.1 Å². The standard InChI is InChI=1S/C15H11Cl2FN2/c1-9-4-13(17)15(6-12(9)16)20-8-11-5-10(7-19)2-3-14(11)18/h2-6,20H,8H2,1H3. The van der Waals surface area contributed by atoms with Crippen molar-refractivity contribution in [2.75, 3.05) is 5.32 Å². The highest BCUT2D eigenvalue weighted by atomic mass is 35.5. The minimum Gasteiger partial charge on any atom is -0.380 e. The van der Waals surface area contributed by atoms with Gasteiger partial charge in [-0.3, -0.25) is 0 Å². The van der Waals surface area contributed by atoms with Gasteiger partial charge in [0.2, 0.25) is 0 Å². The van der Waals surface area contributed by atoms with Crippen LogP contribution >= 0.6 is 23.2 Å². The van der Waals surface area contributed by atoms with Crippen molar-refractivity contribution in [1.29, 1.82) is 5.26 Å². The van der Waals surface area contributed by atoms with Crippen LogP contribution in [0.25, 0.3) is 0 Å². The molecule has 0 amide bonds. The number of anilines is 1. The molecule has 1 N–H and O–H groups in total. The van der Waals surface area contributed by atoms with Crippen LogP contribution in [0, 0.1) is 24.1 Å². The highest BCUT2D eigenvalue weighted by molar-refractivity contribution is 6.35. The van der Waals surface area contributed by atoms with Gasteiger partial charge < -0.3 is 5.32 Å². The lowest BCUT2D eigenvalue weighted by atomic mass is 10.1. The minimum atomic E-state index is -0.370. The SMILES string of the molecule is Cc1cc(Cl)c(NCc2cc(C#N)ccc2F)cc1Cl. The molecule has 0 aromatic heterocycles. The predicted molar refractivity (Wildman–Crippen MR) is 79.6 cm³/mol. The zero-order chi connectivity index (χ0) is 14.7. The zero-order valence-electron chi connectivity index (χ0n) is 10.7. The number of aryl methyl sites for hydroxylation is 1. The molecule has 2 rings (SSSR count). The third-order valence-electron chi connectivity index (χ3n) is 2.89.